The summed E-state index contributed by atoms with van der Waals surface area (Å²) >= 11 is 0. The third-order valence-electron chi connectivity index (χ3n) is 1.63. The van der Waals surface area contributed by atoms with Gasteiger partial charge >= 0.3 is 0 Å². The Morgan fingerprint density at radius 3 is 2.54 bits per heavy atom. The predicted octanol–water partition coefficient (Wildman–Crippen LogP) is 2.59. The highest BCUT2D eigenvalue weighted by atomic mass is 16.7. The third kappa shape index (κ3) is 4.65. The van der Waals surface area contributed by atoms with Crippen molar-refractivity contribution in [3.8, 4) is 0 Å². The van der Waals surface area contributed by atoms with Gasteiger partial charge in [0, 0.05) is 6.61 Å². The molecule has 0 aliphatic rings. The maximum absolute atomic E-state index is 5.30. The molecule has 0 unspecified atom stereocenters. The van der Waals surface area contributed by atoms with Crippen LogP contribution in [-0.4, -0.2) is 13.4 Å². The number of rotatable bonds is 6. The minimum absolute atomic E-state index is 0.392. The van der Waals surface area contributed by atoms with Crippen molar-refractivity contribution in [3.05, 3.63) is 35.9 Å². The summed E-state index contributed by atoms with van der Waals surface area (Å²) < 4.78 is 10.5. The number of hydrogen-bond donors (Lipinski definition) is 0. The Morgan fingerprint density at radius 1 is 1.08 bits per heavy atom. The Labute approximate surface area is 79.5 Å². The summed E-state index contributed by atoms with van der Waals surface area (Å²) in [5.74, 6) is 0. The second kappa shape index (κ2) is 6.63. The van der Waals surface area contributed by atoms with Crippen molar-refractivity contribution in [2.24, 2.45) is 0 Å². The maximum atomic E-state index is 5.30. The van der Waals surface area contributed by atoms with Gasteiger partial charge in [-0.05, 0) is 12.0 Å². The highest BCUT2D eigenvalue weighted by Gasteiger charge is 1.90. The summed E-state index contributed by atoms with van der Waals surface area (Å²) in [5.41, 5.74) is 1.18. The van der Waals surface area contributed by atoms with E-state index in [-0.39, 0.29) is 0 Å². The van der Waals surface area contributed by atoms with Crippen LogP contribution in [0.4, 0.5) is 0 Å². The lowest BCUT2D eigenvalue weighted by molar-refractivity contribution is -0.0611. The molecule has 13 heavy (non-hydrogen) atoms. The van der Waals surface area contributed by atoms with E-state index in [1.807, 2.05) is 30.3 Å². The lowest BCUT2D eigenvalue weighted by Gasteiger charge is -2.04. The van der Waals surface area contributed by atoms with E-state index in [2.05, 4.69) is 6.92 Å². The molecule has 0 aliphatic heterocycles. The van der Waals surface area contributed by atoms with Gasteiger partial charge in [-0.2, -0.15) is 0 Å². The van der Waals surface area contributed by atoms with Gasteiger partial charge in [0.25, 0.3) is 0 Å². The second-order valence-electron chi connectivity index (χ2n) is 2.86. The molecule has 0 bridgehead atoms. The summed E-state index contributed by atoms with van der Waals surface area (Å²) in [5, 5.41) is 0. The van der Waals surface area contributed by atoms with E-state index in [4.69, 9.17) is 9.47 Å². The lowest BCUT2D eigenvalue weighted by Crippen LogP contribution is -2.00. The summed E-state index contributed by atoms with van der Waals surface area (Å²) in [6, 6.07) is 10.1. The fourth-order valence-electron chi connectivity index (χ4n) is 0.996. The van der Waals surface area contributed by atoms with E-state index in [0.717, 1.165) is 13.0 Å². The fourth-order valence-corrected chi connectivity index (χ4v) is 0.996. The maximum Gasteiger partial charge on any atom is 0.147 e. The molecular weight excluding hydrogens is 164 g/mol. The highest BCUT2D eigenvalue weighted by molar-refractivity contribution is 5.13. The Hall–Kier alpha value is -0.860. The van der Waals surface area contributed by atoms with E-state index in [1.165, 1.54) is 5.56 Å². The smallest absolute Gasteiger partial charge is 0.147 e. The van der Waals surface area contributed by atoms with E-state index in [0.29, 0.717) is 13.4 Å². The molecule has 0 saturated carbocycles. The SMILES string of the molecule is CCCOCOCc1ccccc1. The van der Waals surface area contributed by atoms with Crippen molar-refractivity contribution in [2.75, 3.05) is 13.4 Å². The zero-order valence-electron chi connectivity index (χ0n) is 8.03. The molecule has 0 fully saturated rings. The number of ether oxygens (including phenoxy) is 2. The molecule has 0 saturated heterocycles. The largest absolute Gasteiger partial charge is 0.355 e. The van der Waals surface area contributed by atoms with Gasteiger partial charge in [0.05, 0.1) is 6.61 Å². The number of hydrogen-bond acceptors (Lipinski definition) is 2. The van der Waals surface area contributed by atoms with Crippen molar-refractivity contribution in [2.45, 2.75) is 20.0 Å². The molecule has 1 aromatic rings. The van der Waals surface area contributed by atoms with Crippen molar-refractivity contribution in [3.63, 3.8) is 0 Å². The van der Waals surface area contributed by atoms with Crippen molar-refractivity contribution < 1.29 is 9.47 Å². The molecule has 0 spiro atoms. The van der Waals surface area contributed by atoms with Gasteiger partial charge in [-0.1, -0.05) is 37.3 Å². The first-order chi connectivity index (χ1) is 6.43. The van der Waals surface area contributed by atoms with Crippen LogP contribution in [0.2, 0.25) is 0 Å². The Kier molecular flexibility index (Phi) is 5.22. The molecule has 0 heterocycles. The van der Waals surface area contributed by atoms with Crippen molar-refractivity contribution >= 4 is 0 Å². The molecule has 0 radical (unpaired) electrons. The second-order valence-corrected chi connectivity index (χ2v) is 2.86. The van der Waals surface area contributed by atoms with Crippen LogP contribution in [0, 0.1) is 0 Å². The van der Waals surface area contributed by atoms with Crippen LogP contribution in [0.1, 0.15) is 18.9 Å². The van der Waals surface area contributed by atoms with Gasteiger partial charge in [0.15, 0.2) is 0 Å². The predicted molar refractivity (Wildman–Crippen MR) is 52.3 cm³/mol. The fraction of sp³-hybridized carbons (Fsp3) is 0.455. The van der Waals surface area contributed by atoms with E-state index >= 15 is 0 Å². The lowest BCUT2D eigenvalue weighted by atomic mass is 10.2. The quantitative estimate of drug-likeness (QED) is 0.495. The van der Waals surface area contributed by atoms with Gasteiger partial charge in [-0.25, -0.2) is 0 Å². The molecule has 0 aliphatic carbocycles. The van der Waals surface area contributed by atoms with Crippen LogP contribution in [0.5, 0.6) is 0 Å². The molecule has 0 N–H and O–H groups in total. The van der Waals surface area contributed by atoms with Crippen LogP contribution >= 0.6 is 0 Å². The van der Waals surface area contributed by atoms with Crippen LogP contribution in [-0.2, 0) is 16.1 Å². The molecular formula is C11H16O2. The van der Waals surface area contributed by atoms with Crippen molar-refractivity contribution in [1.82, 2.24) is 0 Å². The van der Waals surface area contributed by atoms with Crippen molar-refractivity contribution in [1.29, 1.82) is 0 Å². The Morgan fingerprint density at radius 2 is 1.85 bits per heavy atom. The van der Waals surface area contributed by atoms with E-state index in [9.17, 15) is 0 Å². The van der Waals surface area contributed by atoms with Gasteiger partial charge in [0.1, 0.15) is 6.79 Å². The minimum atomic E-state index is 0.392. The zero-order valence-corrected chi connectivity index (χ0v) is 8.03. The van der Waals surface area contributed by atoms with Gasteiger partial charge in [0.2, 0.25) is 0 Å². The summed E-state index contributed by atoms with van der Waals surface area (Å²) in [6.07, 6.45) is 1.04. The molecule has 1 aromatic carbocycles. The van der Waals surface area contributed by atoms with Crippen LogP contribution in [0.15, 0.2) is 30.3 Å². The molecule has 2 nitrogen and oxygen atoms in total. The number of benzene rings is 1. The molecule has 0 amide bonds. The normalized spacial score (nSPS) is 10.2. The van der Waals surface area contributed by atoms with Crippen LogP contribution < -0.4 is 0 Å². The zero-order chi connectivity index (χ0) is 9.36. The molecule has 2 heteroatoms. The van der Waals surface area contributed by atoms with Crippen LogP contribution in [0.25, 0.3) is 0 Å². The third-order valence-corrected chi connectivity index (χ3v) is 1.63. The topological polar surface area (TPSA) is 18.5 Å². The Balaban J connectivity index is 2.07. The summed E-state index contributed by atoms with van der Waals surface area (Å²) in [6.45, 7) is 3.87. The first kappa shape index (κ1) is 10.2. The monoisotopic (exact) mass is 180 g/mol. The molecule has 0 aromatic heterocycles. The van der Waals surface area contributed by atoms with E-state index in [1.54, 1.807) is 0 Å². The molecule has 72 valence electrons. The first-order valence-corrected chi connectivity index (χ1v) is 4.63. The van der Waals surface area contributed by atoms with Crippen LogP contribution in [0.3, 0.4) is 0 Å². The standard InChI is InChI=1S/C11H16O2/c1-2-8-12-10-13-9-11-6-4-3-5-7-11/h3-7H,2,8-10H2,1H3. The summed E-state index contributed by atoms with van der Waals surface area (Å²) in [7, 11) is 0. The summed E-state index contributed by atoms with van der Waals surface area (Å²) in [4.78, 5) is 0. The van der Waals surface area contributed by atoms with Gasteiger partial charge in [-0.3, -0.25) is 0 Å². The van der Waals surface area contributed by atoms with E-state index < -0.39 is 0 Å². The molecule has 0 atom stereocenters. The first-order valence-electron chi connectivity index (χ1n) is 4.63. The minimum Gasteiger partial charge on any atom is -0.355 e. The highest BCUT2D eigenvalue weighted by Crippen LogP contribution is 2.00. The average molecular weight is 180 g/mol. The Bertz CT molecular complexity index is 209. The van der Waals surface area contributed by atoms with Gasteiger partial charge < -0.3 is 9.47 Å². The molecule has 1 rings (SSSR count). The van der Waals surface area contributed by atoms with Gasteiger partial charge in [-0.15, -0.1) is 0 Å². The average Bonchev–Trinajstić information content (AvgIpc) is 2.19.